The molecule has 0 spiro atoms. The Morgan fingerprint density at radius 3 is 2.47 bits per heavy atom. The van der Waals surface area contributed by atoms with Gasteiger partial charge in [0.15, 0.2) is 0 Å². The summed E-state index contributed by atoms with van der Waals surface area (Å²) in [6.07, 6.45) is 2.42. The molecule has 0 amide bonds. The zero-order valence-electron chi connectivity index (χ0n) is 16.7. The zero-order chi connectivity index (χ0) is 20.9. The highest BCUT2D eigenvalue weighted by atomic mass is 32.2. The lowest BCUT2D eigenvalue weighted by Gasteiger charge is -2.50. The molecule has 2 aliphatic heterocycles. The monoisotopic (exact) mass is 424 g/mol. The molecule has 2 bridgehead atoms. The predicted octanol–water partition coefficient (Wildman–Crippen LogP) is 3.06. The molecule has 30 heavy (non-hydrogen) atoms. The van der Waals surface area contributed by atoms with E-state index in [-0.39, 0.29) is 16.9 Å². The van der Waals surface area contributed by atoms with Gasteiger partial charge >= 0.3 is 5.97 Å². The summed E-state index contributed by atoms with van der Waals surface area (Å²) in [7, 11) is -2.54. The smallest absolute Gasteiger partial charge is 0.319 e. The average Bonchev–Trinajstić information content (AvgIpc) is 3.20. The molecule has 6 nitrogen and oxygen atoms in total. The van der Waals surface area contributed by atoms with Crippen molar-refractivity contribution in [1.82, 2.24) is 9.29 Å². The molecule has 2 aromatic carbocycles. The van der Waals surface area contributed by atoms with Crippen molar-refractivity contribution in [1.29, 1.82) is 0 Å². The van der Waals surface area contributed by atoms with E-state index in [1.807, 2.05) is 24.3 Å². The Bertz CT molecular complexity index is 1210. The highest BCUT2D eigenvalue weighted by Crippen LogP contribution is 2.48. The third-order valence-electron chi connectivity index (χ3n) is 6.68. The van der Waals surface area contributed by atoms with Gasteiger partial charge in [0.1, 0.15) is 5.41 Å². The molecule has 1 aliphatic carbocycles. The third kappa shape index (κ3) is 2.65. The van der Waals surface area contributed by atoms with Crippen molar-refractivity contribution in [2.45, 2.75) is 35.6 Å². The molecule has 3 fully saturated rings. The minimum absolute atomic E-state index is 0.163. The van der Waals surface area contributed by atoms with E-state index in [0.717, 1.165) is 24.8 Å². The fourth-order valence-corrected chi connectivity index (χ4v) is 6.91. The Balaban J connectivity index is 1.84. The van der Waals surface area contributed by atoms with Crippen LogP contribution in [0.5, 0.6) is 0 Å². The van der Waals surface area contributed by atoms with Crippen molar-refractivity contribution >= 4 is 26.9 Å². The van der Waals surface area contributed by atoms with E-state index in [9.17, 15) is 13.2 Å². The first kappa shape index (κ1) is 19.3. The molecule has 2 saturated heterocycles. The quantitative estimate of drug-likeness (QED) is 0.652. The summed E-state index contributed by atoms with van der Waals surface area (Å²) >= 11 is 0. The number of ether oxygens (including phenoxy) is 1. The second kappa shape index (κ2) is 6.96. The maximum absolute atomic E-state index is 13.8. The van der Waals surface area contributed by atoms with E-state index in [2.05, 4.69) is 5.32 Å². The number of rotatable bonds is 4. The normalized spacial score (nSPS) is 26.0. The summed E-state index contributed by atoms with van der Waals surface area (Å²) in [5.74, 6) is -0.0725. The summed E-state index contributed by atoms with van der Waals surface area (Å²) in [5, 5.41) is 4.27. The number of hydrogen-bond donors (Lipinski definition) is 1. The van der Waals surface area contributed by atoms with Gasteiger partial charge in [-0.25, -0.2) is 12.4 Å². The Kier molecular flexibility index (Phi) is 4.48. The number of methoxy groups -OCH3 is 1. The molecule has 3 atom stereocenters. The molecule has 3 heterocycles. The highest BCUT2D eigenvalue weighted by Gasteiger charge is 2.57. The van der Waals surface area contributed by atoms with Crippen LogP contribution in [-0.4, -0.2) is 38.1 Å². The van der Waals surface area contributed by atoms with Gasteiger partial charge in [-0.1, -0.05) is 36.4 Å². The molecule has 2 unspecified atom stereocenters. The fraction of sp³-hybridized carbons (Fsp3) is 0.348. The fourth-order valence-electron chi connectivity index (χ4n) is 5.30. The number of fused-ring (bicyclic) bond motifs is 4. The van der Waals surface area contributed by atoms with Gasteiger partial charge in [0.05, 0.1) is 23.2 Å². The van der Waals surface area contributed by atoms with Crippen molar-refractivity contribution in [2.75, 3.05) is 13.7 Å². The van der Waals surface area contributed by atoms with Gasteiger partial charge in [-0.3, -0.25) is 4.79 Å². The third-order valence-corrected chi connectivity index (χ3v) is 8.42. The van der Waals surface area contributed by atoms with Crippen LogP contribution >= 0.6 is 0 Å². The van der Waals surface area contributed by atoms with Crippen LogP contribution in [0.3, 0.4) is 0 Å². The first-order valence-electron chi connectivity index (χ1n) is 10.2. The number of esters is 1. The van der Waals surface area contributed by atoms with E-state index < -0.39 is 15.4 Å². The second-order valence-corrected chi connectivity index (χ2v) is 10.0. The number of nitrogens with one attached hydrogen (secondary N) is 1. The molecule has 1 aromatic heterocycles. The SMILES string of the molecule is COC(=O)[C@]1(c2cc3ccccc3n2S(=O)(=O)c2ccccc2)CC2CCC1NC2. The molecule has 156 valence electrons. The second-order valence-electron chi connectivity index (χ2n) is 8.24. The molecule has 7 heteroatoms. The Morgan fingerprint density at radius 2 is 1.83 bits per heavy atom. The van der Waals surface area contributed by atoms with Crippen LogP contribution in [0.1, 0.15) is 25.0 Å². The molecule has 0 radical (unpaired) electrons. The van der Waals surface area contributed by atoms with Crippen LogP contribution in [0.4, 0.5) is 0 Å². The van der Waals surface area contributed by atoms with Gasteiger partial charge in [-0.2, -0.15) is 0 Å². The molecular weight excluding hydrogens is 400 g/mol. The number of benzene rings is 2. The van der Waals surface area contributed by atoms with Crippen LogP contribution in [0.15, 0.2) is 65.6 Å². The Labute approximate surface area is 175 Å². The Hall–Kier alpha value is -2.64. The number of nitrogens with zero attached hydrogens (tertiary/aromatic N) is 1. The number of carbonyl (C=O) groups is 1. The van der Waals surface area contributed by atoms with Gasteiger partial charge < -0.3 is 10.1 Å². The minimum Gasteiger partial charge on any atom is -0.468 e. The van der Waals surface area contributed by atoms with Gasteiger partial charge in [0.2, 0.25) is 0 Å². The first-order chi connectivity index (χ1) is 14.5. The lowest BCUT2D eigenvalue weighted by molar-refractivity contribution is -0.153. The van der Waals surface area contributed by atoms with Gasteiger partial charge in [-0.05, 0) is 56.0 Å². The van der Waals surface area contributed by atoms with Gasteiger partial charge in [-0.15, -0.1) is 0 Å². The topological polar surface area (TPSA) is 77.4 Å². The molecular formula is C23H24N2O4S. The van der Waals surface area contributed by atoms with E-state index in [1.54, 1.807) is 36.4 Å². The minimum atomic E-state index is -3.92. The zero-order valence-corrected chi connectivity index (χ0v) is 17.6. The van der Waals surface area contributed by atoms with Crippen molar-refractivity contribution in [3.63, 3.8) is 0 Å². The summed E-state index contributed by atoms with van der Waals surface area (Å²) in [6, 6.07) is 17.4. The van der Waals surface area contributed by atoms with E-state index >= 15 is 0 Å². The van der Waals surface area contributed by atoms with E-state index in [4.69, 9.17) is 4.74 Å². The molecule has 3 aliphatic rings. The predicted molar refractivity (Wildman–Crippen MR) is 114 cm³/mol. The van der Waals surface area contributed by atoms with Crippen molar-refractivity contribution in [3.8, 4) is 0 Å². The molecule has 1 saturated carbocycles. The lowest BCUT2D eigenvalue weighted by Crippen LogP contribution is -2.63. The largest absolute Gasteiger partial charge is 0.468 e. The van der Waals surface area contributed by atoms with Crippen LogP contribution in [0.25, 0.3) is 10.9 Å². The first-order valence-corrected chi connectivity index (χ1v) is 11.7. The lowest BCUT2D eigenvalue weighted by atomic mass is 9.61. The van der Waals surface area contributed by atoms with Gasteiger partial charge in [0.25, 0.3) is 10.0 Å². The summed E-state index contributed by atoms with van der Waals surface area (Å²) < 4.78 is 34.3. The number of para-hydroxylation sites is 1. The summed E-state index contributed by atoms with van der Waals surface area (Å²) in [5.41, 5.74) is 0.0129. The van der Waals surface area contributed by atoms with Crippen LogP contribution in [-0.2, 0) is 25.0 Å². The standard InChI is InChI=1S/C23H24N2O4S/c1-29-22(26)23(14-16-11-12-20(23)24-15-16)21-13-17-7-5-6-10-19(17)25(21)30(27,28)18-8-3-2-4-9-18/h2-10,13,16,20,24H,11-12,14-15H2,1H3/t16?,20?,23-/m1/s1. The Morgan fingerprint density at radius 1 is 1.10 bits per heavy atom. The molecule has 1 N–H and O–H groups in total. The van der Waals surface area contributed by atoms with E-state index in [0.29, 0.717) is 23.5 Å². The van der Waals surface area contributed by atoms with Crippen molar-refractivity contribution in [2.24, 2.45) is 5.92 Å². The average molecular weight is 425 g/mol. The van der Waals surface area contributed by atoms with Crippen LogP contribution in [0.2, 0.25) is 0 Å². The van der Waals surface area contributed by atoms with Crippen molar-refractivity contribution < 1.29 is 17.9 Å². The summed E-state index contributed by atoms with van der Waals surface area (Å²) in [6.45, 7) is 0.842. The maximum Gasteiger partial charge on any atom is 0.319 e. The molecule has 3 aromatic rings. The maximum atomic E-state index is 13.8. The highest BCUT2D eigenvalue weighted by molar-refractivity contribution is 7.90. The number of carbonyl (C=O) groups excluding carboxylic acids is 1. The van der Waals surface area contributed by atoms with Crippen LogP contribution < -0.4 is 5.32 Å². The van der Waals surface area contributed by atoms with Gasteiger partial charge in [0, 0.05) is 11.4 Å². The number of hydrogen-bond acceptors (Lipinski definition) is 5. The van der Waals surface area contributed by atoms with E-state index in [1.165, 1.54) is 11.1 Å². The number of piperidine rings is 2. The van der Waals surface area contributed by atoms with Crippen molar-refractivity contribution in [3.05, 3.63) is 66.4 Å². The molecule has 6 rings (SSSR count). The number of aromatic nitrogens is 1. The van der Waals surface area contributed by atoms with Crippen LogP contribution in [0, 0.1) is 5.92 Å². The summed E-state index contributed by atoms with van der Waals surface area (Å²) in [4.78, 5) is 13.5.